The lowest BCUT2D eigenvalue weighted by Crippen LogP contribution is -2.60. The Morgan fingerprint density at radius 1 is 0.849 bits per heavy atom. The Balaban J connectivity index is 2.28. The monoisotopic (exact) mass is 744 g/mol. The summed E-state index contributed by atoms with van der Waals surface area (Å²) in [4.78, 5) is 73.8. The summed E-state index contributed by atoms with van der Waals surface area (Å²) in [6, 6.07) is 6.15. The summed E-state index contributed by atoms with van der Waals surface area (Å²) in [5.41, 5.74) is 0.517. The molecule has 0 bridgehead atoms. The van der Waals surface area contributed by atoms with Crippen molar-refractivity contribution in [2.24, 2.45) is 23.7 Å². The minimum atomic E-state index is -0.748. The van der Waals surface area contributed by atoms with Gasteiger partial charge in [0.2, 0.25) is 23.6 Å². The number of rotatable bonds is 21. The molecule has 1 saturated heterocycles. The average Bonchev–Trinajstić information content (AvgIpc) is 3.62. The molecule has 1 fully saturated rings. The van der Waals surface area contributed by atoms with Crippen molar-refractivity contribution in [2.45, 2.75) is 130 Å². The van der Waals surface area contributed by atoms with Gasteiger partial charge in [-0.3, -0.25) is 28.9 Å². The summed E-state index contributed by atoms with van der Waals surface area (Å²) in [5, 5.41) is 5.93. The molecule has 12 nitrogen and oxygen atoms in total. The highest BCUT2D eigenvalue weighted by molar-refractivity contribution is 6.01. The van der Waals surface area contributed by atoms with Crippen LogP contribution in [0.2, 0.25) is 0 Å². The second-order valence-electron chi connectivity index (χ2n) is 15.6. The van der Waals surface area contributed by atoms with E-state index in [1.165, 1.54) is 0 Å². The van der Waals surface area contributed by atoms with E-state index in [0.29, 0.717) is 24.9 Å². The maximum absolute atomic E-state index is 14.4. The van der Waals surface area contributed by atoms with Gasteiger partial charge < -0.3 is 29.9 Å². The first-order chi connectivity index (χ1) is 25.0. The molecule has 0 spiro atoms. The van der Waals surface area contributed by atoms with Crippen LogP contribution in [-0.2, 0) is 28.7 Å². The molecule has 300 valence electrons. The van der Waals surface area contributed by atoms with Crippen LogP contribution < -0.4 is 10.6 Å². The zero-order valence-electron chi connectivity index (χ0n) is 34.7. The van der Waals surface area contributed by atoms with Gasteiger partial charge in [0.25, 0.3) is 0 Å². The van der Waals surface area contributed by atoms with Crippen LogP contribution in [0.3, 0.4) is 0 Å². The molecule has 2 rings (SSSR count). The molecule has 1 heterocycles. The van der Waals surface area contributed by atoms with E-state index in [0.717, 1.165) is 12.8 Å². The van der Waals surface area contributed by atoms with Gasteiger partial charge in [-0.15, -0.1) is 0 Å². The third-order valence-corrected chi connectivity index (χ3v) is 11.3. The molecule has 1 aromatic rings. The Hall–Kier alpha value is -3.35. The quantitative estimate of drug-likeness (QED) is 0.177. The first kappa shape index (κ1) is 45.8. The van der Waals surface area contributed by atoms with E-state index in [-0.39, 0.29) is 59.6 Å². The minimum Gasteiger partial charge on any atom is -0.379 e. The molecule has 9 unspecified atom stereocenters. The fraction of sp³-hybridized carbons (Fsp3) is 0.732. The predicted molar refractivity (Wildman–Crippen MR) is 208 cm³/mol. The van der Waals surface area contributed by atoms with Gasteiger partial charge in [0.05, 0.1) is 48.7 Å². The summed E-state index contributed by atoms with van der Waals surface area (Å²) in [5.74, 6) is -1.81. The number of carbonyl (C=O) groups is 5. The highest BCUT2D eigenvalue weighted by atomic mass is 16.5. The number of Topliss-reactive ketones (excluding diaryl/α,β-unsaturated/α-hetero) is 1. The van der Waals surface area contributed by atoms with Gasteiger partial charge in [-0.1, -0.05) is 91.6 Å². The number of carbonyl (C=O) groups excluding carboxylic acids is 5. The highest BCUT2D eigenvalue weighted by Crippen LogP contribution is 2.30. The van der Waals surface area contributed by atoms with Crippen LogP contribution in [0.15, 0.2) is 30.3 Å². The molecule has 12 heteroatoms. The van der Waals surface area contributed by atoms with Crippen molar-refractivity contribution in [3.05, 3.63) is 35.9 Å². The van der Waals surface area contributed by atoms with Crippen molar-refractivity contribution in [1.29, 1.82) is 0 Å². The molecule has 4 amide bonds. The van der Waals surface area contributed by atoms with Crippen molar-refractivity contribution >= 4 is 29.4 Å². The van der Waals surface area contributed by atoms with E-state index in [1.807, 2.05) is 66.6 Å². The van der Waals surface area contributed by atoms with Gasteiger partial charge in [-0.25, -0.2) is 0 Å². The third-order valence-electron chi connectivity index (χ3n) is 11.3. The number of benzene rings is 1. The smallest absolute Gasteiger partial charge is 0.245 e. The van der Waals surface area contributed by atoms with Gasteiger partial charge >= 0.3 is 0 Å². The standard InChI is InChI=1S/C41H69N5O7/c1-14-26(5)34(43-40(50)35(25(3)4)44(9)10)41(51)45(11)36(27(6)15-2)32(52-12)24-33(47)46-23-19-22-31(46)38(53-13)28(7)39(49)42-29(8)37(48)30-20-17-16-18-21-30/h16-18,20-21,25-29,31-32,34-36,38H,14-15,19,22-24H2,1-13H3,(H,42,49)(H,43,50)/t26?,27?,28?,29?,31?,32?,34-,35?,36?,38?/m0/s1. The van der Waals surface area contributed by atoms with Crippen LogP contribution in [0.1, 0.15) is 97.9 Å². The fourth-order valence-electron chi connectivity index (χ4n) is 7.84. The van der Waals surface area contributed by atoms with Crippen LogP contribution in [0.4, 0.5) is 0 Å². The Morgan fingerprint density at radius 2 is 1.45 bits per heavy atom. The Kier molecular flexibility index (Phi) is 18.6. The van der Waals surface area contributed by atoms with Crippen molar-refractivity contribution < 1.29 is 33.4 Å². The lowest BCUT2D eigenvalue weighted by molar-refractivity contribution is -0.148. The second kappa shape index (κ2) is 21.5. The van der Waals surface area contributed by atoms with Gasteiger partial charge in [-0.05, 0) is 51.6 Å². The SMILES string of the molecule is CCC(C)C(C(CC(=O)N1CCCC1C(OC)C(C)C(=O)NC(C)C(=O)c1ccccc1)OC)N(C)C(=O)[C@@H](NC(=O)C(C(C)C)N(C)C)C(C)CC. The number of likely N-dealkylation sites (tertiary alicyclic amines) is 1. The Labute approximate surface area is 319 Å². The molecule has 0 saturated carbocycles. The lowest BCUT2D eigenvalue weighted by Gasteiger charge is -2.41. The molecule has 0 aromatic heterocycles. The zero-order valence-corrected chi connectivity index (χ0v) is 34.7. The summed E-state index contributed by atoms with van der Waals surface area (Å²) >= 11 is 0. The largest absolute Gasteiger partial charge is 0.379 e. The zero-order chi connectivity index (χ0) is 40.2. The fourth-order valence-corrected chi connectivity index (χ4v) is 7.84. The number of nitrogens with one attached hydrogen (secondary N) is 2. The molecule has 0 radical (unpaired) electrons. The van der Waals surface area contributed by atoms with E-state index in [4.69, 9.17) is 9.47 Å². The number of likely N-dealkylation sites (N-methyl/N-ethyl adjacent to an activating group) is 2. The van der Waals surface area contributed by atoms with Gasteiger partial charge in [0, 0.05) is 33.4 Å². The predicted octanol–water partition coefficient (Wildman–Crippen LogP) is 4.41. The summed E-state index contributed by atoms with van der Waals surface area (Å²) in [6.07, 6.45) is 1.63. The maximum Gasteiger partial charge on any atom is 0.245 e. The Bertz CT molecular complexity index is 1330. The number of hydrogen-bond acceptors (Lipinski definition) is 8. The number of ketones is 1. The van der Waals surface area contributed by atoms with Crippen LogP contribution in [-0.4, -0.2) is 128 Å². The van der Waals surface area contributed by atoms with Crippen LogP contribution in [0.5, 0.6) is 0 Å². The normalized spacial score (nSPS) is 19.8. The van der Waals surface area contributed by atoms with Gasteiger partial charge in [0.15, 0.2) is 5.78 Å². The maximum atomic E-state index is 14.4. The van der Waals surface area contributed by atoms with E-state index in [1.54, 1.807) is 69.2 Å². The molecule has 2 N–H and O–H groups in total. The van der Waals surface area contributed by atoms with Crippen molar-refractivity contribution in [3.63, 3.8) is 0 Å². The molecule has 1 aromatic carbocycles. The van der Waals surface area contributed by atoms with Crippen LogP contribution in [0.25, 0.3) is 0 Å². The number of methoxy groups -OCH3 is 2. The minimum absolute atomic E-state index is 0.0226. The molecular weight excluding hydrogens is 674 g/mol. The highest BCUT2D eigenvalue weighted by Gasteiger charge is 2.43. The average molecular weight is 744 g/mol. The van der Waals surface area contributed by atoms with Gasteiger partial charge in [-0.2, -0.15) is 0 Å². The first-order valence-electron chi connectivity index (χ1n) is 19.4. The molecule has 1 aliphatic rings. The number of nitrogens with zero attached hydrogens (tertiary/aromatic N) is 3. The van der Waals surface area contributed by atoms with Crippen LogP contribution in [0, 0.1) is 23.7 Å². The van der Waals surface area contributed by atoms with E-state index in [2.05, 4.69) is 10.6 Å². The summed E-state index contributed by atoms with van der Waals surface area (Å²) in [7, 11) is 8.57. The van der Waals surface area contributed by atoms with Crippen molar-refractivity contribution in [3.8, 4) is 0 Å². The second-order valence-corrected chi connectivity index (χ2v) is 15.6. The summed E-state index contributed by atoms with van der Waals surface area (Å²) < 4.78 is 11.9. The molecule has 1 aliphatic heterocycles. The van der Waals surface area contributed by atoms with E-state index < -0.39 is 42.3 Å². The van der Waals surface area contributed by atoms with E-state index >= 15 is 0 Å². The lowest BCUT2D eigenvalue weighted by atomic mass is 9.88. The molecular formula is C41H69N5O7. The van der Waals surface area contributed by atoms with Gasteiger partial charge in [0.1, 0.15) is 6.04 Å². The number of hydrogen-bond donors (Lipinski definition) is 2. The van der Waals surface area contributed by atoms with Crippen LogP contribution >= 0.6 is 0 Å². The van der Waals surface area contributed by atoms with E-state index in [9.17, 15) is 24.0 Å². The third kappa shape index (κ3) is 11.8. The number of amides is 4. The molecule has 0 aliphatic carbocycles. The topological polar surface area (TPSA) is 138 Å². The first-order valence-corrected chi connectivity index (χ1v) is 19.4. The molecule has 10 atom stereocenters. The summed E-state index contributed by atoms with van der Waals surface area (Å²) in [6.45, 7) is 16.0. The number of ether oxygens (including phenoxy) is 2. The molecule has 53 heavy (non-hydrogen) atoms. The van der Waals surface area contributed by atoms with Crippen molar-refractivity contribution in [1.82, 2.24) is 25.3 Å². The van der Waals surface area contributed by atoms with Crippen molar-refractivity contribution in [2.75, 3.05) is 41.9 Å². The Morgan fingerprint density at radius 3 is 1.96 bits per heavy atom.